The van der Waals surface area contributed by atoms with Crippen molar-refractivity contribution < 1.29 is 4.79 Å². The van der Waals surface area contributed by atoms with Crippen LogP contribution in [0.3, 0.4) is 0 Å². The van der Waals surface area contributed by atoms with Crippen molar-refractivity contribution in [3.05, 3.63) is 70.1 Å². The van der Waals surface area contributed by atoms with Gasteiger partial charge in [0.05, 0.1) is 0 Å². The van der Waals surface area contributed by atoms with E-state index in [0.29, 0.717) is 20.6 Å². The van der Waals surface area contributed by atoms with E-state index in [4.69, 9.17) is 17.3 Å². The number of aromatic nitrogens is 1. The van der Waals surface area contributed by atoms with Crippen LogP contribution < -0.4 is 11.1 Å². The highest BCUT2D eigenvalue weighted by Gasteiger charge is 2.17. The summed E-state index contributed by atoms with van der Waals surface area (Å²) in [5, 5.41) is 4.28. The van der Waals surface area contributed by atoms with E-state index >= 15 is 0 Å². The molecule has 4 nitrogen and oxygen atoms in total. The molecule has 0 aliphatic carbocycles. The van der Waals surface area contributed by atoms with Gasteiger partial charge in [0.1, 0.15) is 10.7 Å². The van der Waals surface area contributed by atoms with Crippen molar-refractivity contribution in [1.82, 2.24) is 4.98 Å². The maximum atomic E-state index is 12.4. The molecule has 3 rings (SSSR count). The molecule has 22 heavy (non-hydrogen) atoms. The minimum Gasteiger partial charge on any atom is -0.382 e. The average Bonchev–Trinajstić information content (AvgIpc) is 2.88. The van der Waals surface area contributed by atoms with Crippen molar-refractivity contribution in [2.45, 2.75) is 0 Å². The number of nitrogen functional groups attached to an aromatic ring is 1. The predicted octanol–water partition coefficient (Wildman–Crippen LogP) is 4.35. The van der Waals surface area contributed by atoms with E-state index in [-0.39, 0.29) is 11.6 Å². The van der Waals surface area contributed by atoms with Crippen LogP contribution in [0.2, 0.25) is 5.02 Å². The summed E-state index contributed by atoms with van der Waals surface area (Å²) in [6.07, 6.45) is 0. The Morgan fingerprint density at radius 3 is 2.64 bits per heavy atom. The summed E-state index contributed by atoms with van der Waals surface area (Å²) in [4.78, 5) is 17.1. The van der Waals surface area contributed by atoms with Gasteiger partial charge in [0, 0.05) is 16.3 Å². The normalized spacial score (nSPS) is 10.4. The maximum absolute atomic E-state index is 12.4. The fourth-order valence-corrected chi connectivity index (χ4v) is 3.02. The van der Waals surface area contributed by atoms with Gasteiger partial charge in [-0.2, -0.15) is 0 Å². The molecule has 0 radical (unpaired) electrons. The molecule has 2 aromatic carbocycles. The highest BCUT2D eigenvalue weighted by atomic mass is 35.5. The first-order chi connectivity index (χ1) is 10.6. The number of benzene rings is 2. The Morgan fingerprint density at radius 2 is 1.91 bits per heavy atom. The zero-order valence-corrected chi connectivity index (χ0v) is 13.0. The Morgan fingerprint density at radius 1 is 1.14 bits per heavy atom. The van der Waals surface area contributed by atoms with Gasteiger partial charge in [-0.3, -0.25) is 4.79 Å². The fraction of sp³-hybridized carbons (Fsp3) is 0. The number of rotatable bonds is 4. The molecular weight excluding hydrogens is 318 g/mol. The van der Waals surface area contributed by atoms with Gasteiger partial charge in [-0.05, 0) is 18.2 Å². The van der Waals surface area contributed by atoms with Crippen LogP contribution in [0.25, 0.3) is 0 Å². The van der Waals surface area contributed by atoms with E-state index in [1.54, 1.807) is 24.3 Å². The molecule has 0 aliphatic heterocycles. The molecule has 0 saturated carbocycles. The van der Waals surface area contributed by atoms with Crippen LogP contribution in [0.15, 0.2) is 54.6 Å². The molecule has 6 heteroatoms. The highest BCUT2D eigenvalue weighted by Crippen LogP contribution is 2.30. The summed E-state index contributed by atoms with van der Waals surface area (Å²) >= 11 is 7.17. The van der Waals surface area contributed by atoms with Gasteiger partial charge in [0.15, 0.2) is 5.13 Å². The third kappa shape index (κ3) is 3.10. The number of hydrogen-bond acceptors (Lipinski definition) is 5. The second-order valence-corrected chi connectivity index (χ2v) is 6.00. The summed E-state index contributed by atoms with van der Waals surface area (Å²) in [6, 6.07) is 16.3. The molecule has 0 atom stereocenters. The Hall–Kier alpha value is -2.37. The summed E-state index contributed by atoms with van der Waals surface area (Å²) in [6.45, 7) is 0. The van der Waals surface area contributed by atoms with Gasteiger partial charge in [-0.15, -0.1) is 0 Å². The largest absolute Gasteiger partial charge is 0.382 e. The van der Waals surface area contributed by atoms with Crippen LogP contribution in [0.1, 0.15) is 15.2 Å². The quantitative estimate of drug-likeness (QED) is 0.698. The van der Waals surface area contributed by atoms with E-state index < -0.39 is 0 Å². The summed E-state index contributed by atoms with van der Waals surface area (Å²) in [5.74, 6) is 0.0955. The van der Waals surface area contributed by atoms with Crippen LogP contribution >= 0.6 is 22.9 Å². The van der Waals surface area contributed by atoms with E-state index in [2.05, 4.69) is 10.3 Å². The van der Waals surface area contributed by atoms with Crippen molar-refractivity contribution in [3.8, 4) is 0 Å². The van der Waals surface area contributed by atoms with Crippen LogP contribution in [-0.2, 0) is 0 Å². The molecular formula is C16H12ClN3OS. The third-order valence-corrected chi connectivity index (χ3v) is 4.19. The molecule has 3 N–H and O–H groups in total. The van der Waals surface area contributed by atoms with Gasteiger partial charge in [0.25, 0.3) is 0 Å². The molecule has 0 bridgehead atoms. The van der Waals surface area contributed by atoms with Crippen LogP contribution in [0.5, 0.6) is 0 Å². The van der Waals surface area contributed by atoms with E-state index in [1.807, 2.05) is 30.3 Å². The van der Waals surface area contributed by atoms with Crippen molar-refractivity contribution >= 4 is 45.4 Å². The SMILES string of the molecule is Nc1nc(Nc2cccc(Cl)c2)sc1C(=O)c1ccccc1. The first kappa shape index (κ1) is 14.6. The number of nitrogens with one attached hydrogen (secondary N) is 1. The standard InChI is InChI=1S/C16H12ClN3OS/c17-11-7-4-8-12(9-11)19-16-20-15(18)14(22-16)13(21)10-5-2-1-3-6-10/h1-9H,18H2,(H,19,20). The molecule has 3 aromatic rings. The monoisotopic (exact) mass is 329 g/mol. The second kappa shape index (κ2) is 6.17. The van der Waals surface area contributed by atoms with Crippen LogP contribution in [-0.4, -0.2) is 10.8 Å². The number of halogens is 1. The molecule has 0 amide bonds. The highest BCUT2D eigenvalue weighted by molar-refractivity contribution is 7.18. The zero-order valence-electron chi connectivity index (χ0n) is 11.4. The van der Waals surface area contributed by atoms with Crippen molar-refractivity contribution in [2.75, 3.05) is 11.1 Å². The number of carbonyl (C=O) groups is 1. The molecule has 0 aliphatic rings. The minimum atomic E-state index is -0.130. The first-order valence-electron chi connectivity index (χ1n) is 6.52. The number of ketones is 1. The second-order valence-electron chi connectivity index (χ2n) is 4.56. The Bertz CT molecular complexity index is 817. The summed E-state index contributed by atoms with van der Waals surface area (Å²) in [5.41, 5.74) is 7.26. The molecule has 1 aromatic heterocycles. The average molecular weight is 330 g/mol. The molecule has 110 valence electrons. The Labute approximate surface area is 136 Å². The van der Waals surface area contributed by atoms with E-state index in [1.165, 1.54) is 11.3 Å². The van der Waals surface area contributed by atoms with Crippen molar-refractivity contribution in [2.24, 2.45) is 0 Å². The van der Waals surface area contributed by atoms with Gasteiger partial charge < -0.3 is 11.1 Å². The van der Waals surface area contributed by atoms with Gasteiger partial charge >= 0.3 is 0 Å². The van der Waals surface area contributed by atoms with Crippen molar-refractivity contribution in [3.63, 3.8) is 0 Å². The topological polar surface area (TPSA) is 68.0 Å². The smallest absolute Gasteiger partial charge is 0.206 e. The van der Waals surface area contributed by atoms with Crippen LogP contribution in [0, 0.1) is 0 Å². The molecule has 0 fully saturated rings. The van der Waals surface area contributed by atoms with E-state index in [9.17, 15) is 4.79 Å². The zero-order chi connectivity index (χ0) is 15.5. The number of nitrogens with zero attached hydrogens (tertiary/aromatic N) is 1. The summed E-state index contributed by atoms with van der Waals surface area (Å²) in [7, 11) is 0. The number of thiazole rings is 1. The van der Waals surface area contributed by atoms with Crippen molar-refractivity contribution in [1.29, 1.82) is 0 Å². The fourth-order valence-electron chi connectivity index (χ4n) is 1.96. The van der Waals surface area contributed by atoms with Gasteiger partial charge in [-0.1, -0.05) is 59.3 Å². The van der Waals surface area contributed by atoms with Gasteiger partial charge in [0.2, 0.25) is 5.78 Å². The molecule has 0 saturated heterocycles. The lowest BCUT2D eigenvalue weighted by molar-refractivity contribution is 0.104. The summed E-state index contributed by atoms with van der Waals surface area (Å²) < 4.78 is 0. The molecule has 0 spiro atoms. The molecule has 0 unspecified atom stereocenters. The van der Waals surface area contributed by atoms with Crippen LogP contribution in [0.4, 0.5) is 16.6 Å². The lowest BCUT2D eigenvalue weighted by Crippen LogP contribution is -2.02. The van der Waals surface area contributed by atoms with E-state index in [0.717, 1.165) is 5.69 Å². The number of carbonyl (C=O) groups excluding carboxylic acids is 1. The minimum absolute atomic E-state index is 0.130. The lowest BCUT2D eigenvalue weighted by Gasteiger charge is -2.01. The number of hydrogen-bond donors (Lipinski definition) is 2. The first-order valence-corrected chi connectivity index (χ1v) is 7.71. The predicted molar refractivity (Wildman–Crippen MR) is 91.1 cm³/mol. The number of anilines is 3. The Kier molecular flexibility index (Phi) is 4.09. The third-order valence-electron chi connectivity index (χ3n) is 2.97. The number of nitrogens with two attached hydrogens (primary N) is 1. The lowest BCUT2D eigenvalue weighted by atomic mass is 10.1. The maximum Gasteiger partial charge on any atom is 0.206 e. The van der Waals surface area contributed by atoms with Gasteiger partial charge in [-0.25, -0.2) is 4.98 Å². The molecule has 1 heterocycles. The Balaban J connectivity index is 1.86.